The molecule has 0 N–H and O–H groups in total. The summed E-state index contributed by atoms with van der Waals surface area (Å²) in [5.74, 6) is 0. The standard InChI is InChI=1S/C60H37NS/c1-2-14-41-35-60-57(33-40(41)13-1)58-36-47(28-29-59(58)62-60)61(48-31-42-15-4-8-20-51(42)56(37-48)53-23-11-17-39-12-3-6-18-49(39)53)46-27-26-38-24-25-44(30-45(38)32-46)55-34-43-16-5-7-19-50(43)52-21-9-10-22-54(52)55/h1-37H. The van der Waals surface area contributed by atoms with Crippen LogP contribution in [0.15, 0.2) is 224 Å². The van der Waals surface area contributed by atoms with E-state index in [-0.39, 0.29) is 0 Å². The van der Waals surface area contributed by atoms with Gasteiger partial charge in [-0.3, -0.25) is 0 Å². The third-order valence-corrected chi connectivity index (χ3v) is 14.1. The molecular weight excluding hydrogens is 767 g/mol. The molecule has 0 bridgehead atoms. The van der Waals surface area contributed by atoms with E-state index < -0.39 is 0 Å². The molecule has 13 aromatic rings. The molecular formula is C60H37NS. The normalized spacial score (nSPS) is 11.9. The Morgan fingerprint density at radius 1 is 0.242 bits per heavy atom. The van der Waals surface area contributed by atoms with Crippen LogP contribution in [0.3, 0.4) is 0 Å². The van der Waals surface area contributed by atoms with Crippen LogP contribution in [0.25, 0.3) is 107 Å². The van der Waals surface area contributed by atoms with Crippen LogP contribution in [-0.4, -0.2) is 0 Å². The summed E-state index contributed by atoms with van der Waals surface area (Å²) >= 11 is 1.88. The zero-order chi connectivity index (χ0) is 40.7. The van der Waals surface area contributed by atoms with Crippen molar-refractivity contribution in [3.05, 3.63) is 224 Å². The molecule has 13 rings (SSSR count). The Hall–Kier alpha value is -7.78. The van der Waals surface area contributed by atoms with Crippen LogP contribution in [0, 0.1) is 0 Å². The lowest BCUT2D eigenvalue weighted by Gasteiger charge is -2.27. The molecule has 1 heterocycles. The Morgan fingerprint density at radius 3 is 1.65 bits per heavy atom. The number of hydrogen-bond donors (Lipinski definition) is 0. The molecule has 0 fully saturated rings. The summed E-state index contributed by atoms with van der Waals surface area (Å²) in [5, 5.41) is 17.6. The number of fused-ring (bicyclic) bond motifs is 10. The van der Waals surface area contributed by atoms with Gasteiger partial charge in [-0.05, 0) is 154 Å². The second kappa shape index (κ2) is 13.9. The molecule has 12 aromatic carbocycles. The number of rotatable bonds is 5. The highest BCUT2D eigenvalue weighted by molar-refractivity contribution is 7.25. The van der Waals surface area contributed by atoms with Crippen molar-refractivity contribution in [1.29, 1.82) is 0 Å². The summed E-state index contributed by atoms with van der Waals surface area (Å²) in [5.41, 5.74) is 8.28. The van der Waals surface area contributed by atoms with Crippen LogP contribution in [0.4, 0.5) is 17.1 Å². The monoisotopic (exact) mass is 803 g/mol. The Labute approximate surface area is 363 Å². The van der Waals surface area contributed by atoms with E-state index in [1.807, 2.05) is 11.3 Å². The van der Waals surface area contributed by atoms with Crippen LogP contribution in [0.5, 0.6) is 0 Å². The molecule has 62 heavy (non-hydrogen) atoms. The van der Waals surface area contributed by atoms with E-state index >= 15 is 0 Å². The van der Waals surface area contributed by atoms with Crippen LogP contribution in [0.2, 0.25) is 0 Å². The fraction of sp³-hybridized carbons (Fsp3) is 0. The summed E-state index contributed by atoms with van der Waals surface area (Å²) < 4.78 is 2.60. The maximum Gasteiger partial charge on any atom is 0.0474 e. The zero-order valence-electron chi connectivity index (χ0n) is 33.7. The molecule has 0 aliphatic rings. The molecule has 0 atom stereocenters. The van der Waals surface area contributed by atoms with Gasteiger partial charge in [0.2, 0.25) is 0 Å². The maximum atomic E-state index is 2.47. The molecule has 1 nitrogen and oxygen atoms in total. The Kier molecular flexibility index (Phi) is 7.85. The van der Waals surface area contributed by atoms with Gasteiger partial charge in [-0.15, -0.1) is 11.3 Å². The van der Waals surface area contributed by atoms with E-state index in [0.717, 1.165) is 17.1 Å². The van der Waals surface area contributed by atoms with Gasteiger partial charge in [0.25, 0.3) is 0 Å². The second-order valence-electron chi connectivity index (χ2n) is 16.5. The fourth-order valence-corrected chi connectivity index (χ4v) is 11.1. The molecule has 0 saturated heterocycles. The van der Waals surface area contributed by atoms with Crippen molar-refractivity contribution in [3.63, 3.8) is 0 Å². The minimum atomic E-state index is 1.11. The van der Waals surface area contributed by atoms with Crippen LogP contribution < -0.4 is 4.90 Å². The lowest BCUT2D eigenvalue weighted by Crippen LogP contribution is -2.10. The lowest BCUT2D eigenvalue weighted by atomic mass is 9.92. The Morgan fingerprint density at radius 2 is 0.823 bits per heavy atom. The lowest BCUT2D eigenvalue weighted by molar-refractivity contribution is 1.30. The molecule has 0 radical (unpaired) electrons. The van der Waals surface area contributed by atoms with E-state index in [9.17, 15) is 0 Å². The van der Waals surface area contributed by atoms with E-state index in [1.165, 1.54) is 107 Å². The molecule has 0 saturated carbocycles. The molecule has 1 aromatic heterocycles. The van der Waals surface area contributed by atoms with Crippen molar-refractivity contribution in [2.75, 3.05) is 4.90 Å². The van der Waals surface area contributed by atoms with Gasteiger partial charge in [-0.1, -0.05) is 158 Å². The minimum Gasteiger partial charge on any atom is -0.310 e. The first kappa shape index (κ1) is 35.0. The smallest absolute Gasteiger partial charge is 0.0474 e. The highest BCUT2D eigenvalue weighted by Gasteiger charge is 2.20. The molecule has 0 unspecified atom stereocenters. The Balaban J connectivity index is 1.06. The summed E-state index contributed by atoms with van der Waals surface area (Å²) in [6.07, 6.45) is 0. The largest absolute Gasteiger partial charge is 0.310 e. The topological polar surface area (TPSA) is 3.24 Å². The van der Waals surface area contributed by atoms with E-state index in [2.05, 4.69) is 229 Å². The first-order valence-corrected chi connectivity index (χ1v) is 22.1. The van der Waals surface area contributed by atoms with Crippen LogP contribution in [-0.2, 0) is 0 Å². The molecule has 0 aliphatic heterocycles. The predicted octanol–water partition coefficient (Wildman–Crippen LogP) is 17.8. The minimum absolute atomic E-state index is 1.11. The molecule has 2 heteroatoms. The zero-order valence-corrected chi connectivity index (χ0v) is 34.5. The van der Waals surface area contributed by atoms with Gasteiger partial charge in [0.15, 0.2) is 0 Å². The van der Waals surface area contributed by atoms with Gasteiger partial charge in [0.05, 0.1) is 0 Å². The average molecular weight is 804 g/mol. The first-order valence-electron chi connectivity index (χ1n) is 21.3. The van der Waals surface area contributed by atoms with E-state index in [1.54, 1.807) is 0 Å². The highest BCUT2D eigenvalue weighted by atomic mass is 32.1. The molecule has 0 aliphatic carbocycles. The summed E-state index contributed by atoms with van der Waals surface area (Å²) in [7, 11) is 0. The quantitative estimate of drug-likeness (QED) is 0.157. The average Bonchev–Trinajstić information content (AvgIpc) is 3.69. The SMILES string of the molecule is c1ccc2cc3c(cc2c1)sc1ccc(N(c2ccc4ccc(-c5cc6ccccc6c6ccccc56)cc4c2)c2cc(-c4cccc5ccccc45)c4ccccc4c2)cc13. The number of thiophene rings is 1. The highest BCUT2D eigenvalue weighted by Crippen LogP contribution is 2.46. The van der Waals surface area contributed by atoms with Crippen LogP contribution >= 0.6 is 11.3 Å². The van der Waals surface area contributed by atoms with Crippen molar-refractivity contribution >= 4 is 113 Å². The fourth-order valence-electron chi connectivity index (χ4n) is 9.98. The van der Waals surface area contributed by atoms with Gasteiger partial charge in [-0.2, -0.15) is 0 Å². The van der Waals surface area contributed by atoms with Crippen molar-refractivity contribution < 1.29 is 0 Å². The van der Waals surface area contributed by atoms with Crippen molar-refractivity contribution in [2.24, 2.45) is 0 Å². The summed E-state index contributed by atoms with van der Waals surface area (Å²) in [6.45, 7) is 0. The summed E-state index contributed by atoms with van der Waals surface area (Å²) in [4.78, 5) is 2.47. The maximum absolute atomic E-state index is 2.47. The van der Waals surface area contributed by atoms with Gasteiger partial charge >= 0.3 is 0 Å². The van der Waals surface area contributed by atoms with Crippen molar-refractivity contribution in [1.82, 2.24) is 0 Å². The van der Waals surface area contributed by atoms with Crippen molar-refractivity contribution in [2.45, 2.75) is 0 Å². The number of hydrogen-bond acceptors (Lipinski definition) is 2. The number of anilines is 3. The third kappa shape index (κ3) is 5.61. The third-order valence-electron chi connectivity index (χ3n) is 12.9. The van der Waals surface area contributed by atoms with Crippen molar-refractivity contribution in [3.8, 4) is 22.3 Å². The summed E-state index contributed by atoms with van der Waals surface area (Å²) in [6, 6.07) is 83.4. The van der Waals surface area contributed by atoms with E-state index in [4.69, 9.17) is 0 Å². The van der Waals surface area contributed by atoms with Gasteiger partial charge in [-0.25, -0.2) is 0 Å². The van der Waals surface area contributed by atoms with Gasteiger partial charge in [0, 0.05) is 37.2 Å². The molecule has 0 spiro atoms. The molecule has 288 valence electrons. The number of benzene rings is 12. The second-order valence-corrected chi connectivity index (χ2v) is 17.6. The predicted molar refractivity (Wildman–Crippen MR) is 270 cm³/mol. The molecule has 0 amide bonds. The van der Waals surface area contributed by atoms with E-state index in [0.29, 0.717) is 0 Å². The first-order chi connectivity index (χ1) is 30.7. The van der Waals surface area contributed by atoms with Crippen LogP contribution in [0.1, 0.15) is 0 Å². The van der Waals surface area contributed by atoms with Gasteiger partial charge in [0.1, 0.15) is 0 Å². The number of nitrogens with zero attached hydrogens (tertiary/aromatic N) is 1. The Bertz CT molecular complexity index is 3940. The van der Waals surface area contributed by atoms with Gasteiger partial charge < -0.3 is 4.90 Å².